The number of pyridine rings is 2. The lowest BCUT2D eigenvalue weighted by Gasteiger charge is -2.35. The van der Waals surface area contributed by atoms with Gasteiger partial charge in [-0.2, -0.15) is 13.2 Å². The lowest BCUT2D eigenvalue weighted by atomic mass is 10.1. The number of nitrogens with zero attached hydrogens (tertiary/aromatic N) is 4. The monoisotopic (exact) mass is 456 g/mol. The summed E-state index contributed by atoms with van der Waals surface area (Å²) >= 11 is 0. The molecule has 0 saturated carbocycles. The van der Waals surface area contributed by atoms with Crippen LogP contribution in [0.5, 0.6) is 0 Å². The van der Waals surface area contributed by atoms with Gasteiger partial charge in [0.05, 0.1) is 17.9 Å². The number of aromatic nitrogens is 2. The molecule has 3 amide bonds. The van der Waals surface area contributed by atoms with Crippen molar-refractivity contribution in [3.05, 3.63) is 41.7 Å². The first kappa shape index (κ1) is 21.7. The molecule has 1 saturated heterocycles. The van der Waals surface area contributed by atoms with Crippen LogP contribution < -0.4 is 20.4 Å². The van der Waals surface area contributed by atoms with Gasteiger partial charge in [-0.15, -0.1) is 0 Å². The van der Waals surface area contributed by atoms with E-state index in [9.17, 15) is 31.5 Å². The first-order chi connectivity index (χ1) is 15.0. The Kier molecular flexibility index (Phi) is 5.34. The van der Waals surface area contributed by atoms with Gasteiger partial charge in [0.1, 0.15) is 17.6 Å². The van der Waals surface area contributed by atoms with Gasteiger partial charge in [-0.3, -0.25) is 15.0 Å². The van der Waals surface area contributed by atoms with Crippen LogP contribution in [0, 0.1) is 11.6 Å². The highest BCUT2D eigenvalue weighted by Crippen LogP contribution is 2.39. The Morgan fingerprint density at radius 1 is 1.25 bits per heavy atom. The molecule has 2 aliphatic rings. The summed E-state index contributed by atoms with van der Waals surface area (Å²) in [5, 5.41) is 4.08. The van der Waals surface area contributed by atoms with Gasteiger partial charge in [-0.05, 0) is 25.5 Å². The second-order valence-electron chi connectivity index (χ2n) is 7.45. The molecule has 2 N–H and O–H groups in total. The van der Waals surface area contributed by atoms with E-state index < -0.39 is 41.6 Å². The maximum Gasteiger partial charge on any atom is 0.408 e. The van der Waals surface area contributed by atoms with Crippen LogP contribution in [0.2, 0.25) is 0 Å². The van der Waals surface area contributed by atoms with Crippen molar-refractivity contribution in [3.63, 3.8) is 0 Å². The Morgan fingerprint density at radius 3 is 2.69 bits per heavy atom. The molecule has 4 rings (SSSR count). The van der Waals surface area contributed by atoms with Gasteiger partial charge < -0.3 is 10.2 Å². The quantitative estimate of drug-likeness (QED) is 0.693. The molecule has 0 aliphatic carbocycles. The van der Waals surface area contributed by atoms with Crippen LogP contribution in [-0.2, 0) is 0 Å². The van der Waals surface area contributed by atoms with Crippen LogP contribution >= 0.6 is 0 Å². The number of rotatable bonds is 3. The lowest BCUT2D eigenvalue weighted by Crippen LogP contribution is -2.49. The predicted molar refractivity (Wildman–Crippen MR) is 103 cm³/mol. The highest BCUT2D eigenvalue weighted by atomic mass is 19.4. The van der Waals surface area contributed by atoms with Crippen LogP contribution in [0.3, 0.4) is 0 Å². The molecule has 1 fully saturated rings. The summed E-state index contributed by atoms with van der Waals surface area (Å²) in [5.41, 5.74) is 0.188. The molecular formula is C19H17F5N6O2. The first-order valence-corrected chi connectivity index (χ1v) is 9.59. The number of urea groups is 1. The van der Waals surface area contributed by atoms with Gasteiger partial charge in [0.25, 0.3) is 5.91 Å². The molecule has 0 aromatic carbocycles. The molecule has 2 bridgehead atoms. The molecule has 2 aliphatic heterocycles. The molecule has 170 valence electrons. The minimum atomic E-state index is -4.63. The van der Waals surface area contributed by atoms with Crippen LogP contribution in [0.25, 0.3) is 0 Å². The summed E-state index contributed by atoms with van der Waals surface area (Å²) in [7, 11) is 0. The van der Waals surface area contributed by atoms with Crippen LogP contribution in [0.15, 0.2) is 24.4 Å². The van der Waals surface area contributed by atoms with E-state index in [2.05, 4.69) is 15.3 Å². The molecular weight excluding hydrogens is 439 g/mol. The van der Waals surface area contributed by atoms with Crippen molar-refractivity contribution in [2.75, 3.05) is 28.2 Å². The van der Waals surface area contributed by atoms with Crippen LogP contribution in [0.1, 0.15) is 23.8 Å². The Labute approximate surface area is 178 Å². The van der Waals surface area contributed by atoms with Gasteiger partial charge in [0, 0.05) is 19.2 Å². The summed E-state index contributed by atoms with van der Waals surface area (Å²) in [6, 6.07) is 0.0449. The standard InChI is InChI=1S/C19H17F5N6O2/c1-9(19(22,23)24)26-17(31)13-2-3-14-16(27-13)30(11-4-5-29(14)8-11)18(32)28-15-12(21)6-10(20)7-25-15/h2-3,6-7,9,11H,4-5,8H2,1H3,(H,26,31)(H,25,28,32)/t9-,11+/m1/s1. The first-order valence-electron chi connectivity index (χ1n) is 9.59. The van der Waals surface area contributed by atoms with Crippen molar-refractivity contribution in [2.24, 2.45) is 0 Å². The second kappa shape index (κ2) is 7.88. The van der Waals surface area contributed by atoms with Gasteiger partial charge in [0.2, 0.25) is 0 Å². The third-order valence-electron chi connectivity index (χ3n) is 5.28. The maximum absolute atomic E-state index is 13.9. The van der Waals surface area contributed by atoms with E-state index in [0.717, 1.165) is 13.1 Å². The van der Waals surface area contributed by atoms with Crippen molar-refractivity contribution in [1.29, 1.82) is 0 Å². The second-order valence-corrected chi connectivity index (χ2v) is 7.45. The zero-order chi connectivity index (χ0) is 23.2. The fourth-order valence-electron chi connectivity index (χ4n) is 3.62. The molecule has 13 heteroatoms. The van der Waals surface area contributed by atoms with Gasteiger partial charge >= 0.3 is 12.2 Å². The molecule has 8 nitrogen and oxygen atoms in total. The van der Waals surface area contributed by atoms with Crippen LogP contribution in [0.4, 0.5) is 44.1 Å². The molecule has 32 heavy (non-hydrogen) atoms. The van der Waals surface area contributed by atoms with Crippen molar-refractivity contribution in [2.45, 2.75) is 31.6 Å². The fraction of sp³-hybridized carbons (Fsp3) is 0.368. The number of hydrogen-bond acceptors (Lipinski definition) is 5. The third kappa shape index (κ3) is 4.01. The number of amides is 3. The van der Waals surface area contributed by atoms with E-state index >= 15 is 0 Å². The Morgan fingerprint density at radius 2 is 2.00 bits per heavy atom. The SMILES string of the molecule is C[C@@H](NC(=O)c1ccc2c(n1)N(C(=O)Nc1ncc(F)cc1F)[C@H]1CCN2C1)C(F)(F)F. The summed E-state index contributed by atoms with van der Waals surface area (Å²) in [5.74, 6) is -3.50. The molecule has 2 aromatic rings. The van der Waals surface area contributed by atoms with Crippen molar-refractivity contribution < 1.29 is 31.5 Å². The van der Waals surface area contributed by atoms with E-state index in [1.165, 1.54) is 17.0 Å². The third-order valence-corrected chi connectivity index (χ3v) is 5.28. The van der Waals surface area contributed by atoms with Crippen LogP contribution in [-0.4, -0.2) is 53.3 Å². The zero-order valence-corrected chi connectivity index (χ0v) is 16.6. The summed E-state index contributed by atoms with van der Waals surface area (Å²) in [6.07, 6.45) is -3.34. The fourth-order valence-corrected chi connectivity index (χ4v) is 3.62. The summed E-state index contributed by atoms with van der Waals surface area (Å²) < 4.78 is 65.4. The number of fused-ring (bicyclic) bond motifs is 4. The molecule has 0 unspecified atom stereocenters. The van der Waals surface area contributed by atoms with Gasteiger partial charge in [-0.1, -0.05) is 0 Å². The molecule has 2 atom stereocenters. The summed E-state index contributed by atoms with van der Waals surface area (Å²) in [4.78, 5) is 36.1. The Hall–Kier alpha value is -3.51. The average molecular weight is 456 g/mol. The summed E-state index contributed by atoms with van der Waals surface area (Å²) in [6.45, 7) is 1.84. The smallest absolute Gasteiger partial charge is 0.366 e. The predicted octanol–water partition coefficient (Wildman–Crippen LogP) is 3.07. The highest BCUT2D eigenvalue weighted by molar-refractivity contribution is 6.05. The lowest BCUT2D eigenvalue weighted by molar-refractivity contribution is -0.149. The number of carbonyl (C=O) groups is 2. The number of halogens is 5. The number of carbonyl (C=O) groups excluding carboxylic acids is 2. The largest absolute Gasteiger partial charge is 0.408 e. The van der Waals surface area contributed by atoms with Crippen molar-refractivity contribution in [3.8, 4) is 0 Å². The topological polar surface area (TPSA) is 90.5 Å². The van der Waals surface area contributed by atoms with E-state index in [4.69, 9.17) is 0 Å². The minimum absolute atomic E-state index is 0.0473. The normalized spacial score (nSPS) is 18.2. The number of hydrogen-bond donors (Lipinski definition) is 2. The molecule has 2 aromatic heterocycles. The zero-order valence-electron chi connectivity index (χ0n) is 16.6. The molecule has 4 heterocycles. The average Bonchev–Trinajstić information content (AvgIpc) is 3.13. The van der Waals surface area contributed by atoms with E-state index in [1.807, 2.05) is 10.2 Å². The highest BCUT2D eigenvalue weighted by Gasteiger charge is 2.41. The minimum Gasteiger partial charge on any atom is -0.366 e. The number of anilines is 3. The Bertz CT molecular complexity index is 1080. The van der Waals surface area contributed by atoms with Crippen molar-refractivity contribution in [1.82, 2.24) is 15.3 Å². The number of nitrogens with one attached hydrogen (secondary N) is 2. The van der Waals surface area contributed by atoms with E-state index in [1.54, 1.807) is 0 Å². The van der Waals surface area contributed by atoms with Crippen molar-refractivity contribution >= 4 is 29.3 Å². The molecule has 0 radical (unpaired) electrons. The number of alkyl halides is 3. The Balaban J connectivity index is 1.63. The van der Waals surface area contributed by atoms with E-state index in [-0.39, 0.29) is 17.6 Å². The molecule has 0 spiro atoms. The van der Waals surface area contributed by atoms with Gasteiger partial charge in [-0.25, -0.2) is 23.5 Å². The van der Waals surface area contributed by atoms with E-state index in [0.29, 0.717) is 31.3 Å². The maximum atomic E-state index is 13.9. The van der Waals surface area contributed by atoms with Gasteiger partial charge in [0.15, 0.2) is 17.5 Å².